The average molecular weight is 405 g/mol. The Morgan fingerprint density at radius 2 is 1.97 bits per heavy atom. The van der Waals surface area contributed by atoms with E-state index in [0.29, 0.717) is 30.4 Å². The summed E-state index contributed by atoms with van der Waals surface area (Å²) in [7, 11) is 1.97. The van der Waals surface area contributed by atoms with Crippen LogP contribution in [-0.2, 0) is 9.53 Å². The molecule has 3 saturated heterocycles. The third kappa shape index (κ3) is 4.05. The second kappa shape index (κ2) is 8.07. The van der Waals surface area contributed by atoms with Crippen LogP contribution in [0.2, 0.25) is 0 Å². The first-order valence-corrected chi connectivity index (χ1v) is 10.8. The van der Waals surface area contributed by atoms with E-state index in [9.17, 15) is 9.59 Å². The zero-order chi connectivity index (χ0) is 20.6. The van der Waals surface area contributed by atoms with Crippen molar-refractivity contribution in [3.05, 3.63) is 17.3 Å². The number of rotatable bonds is 4. The van der Waals surface area contributed by atoms with Gasteiger partial charge in [-0.15, -0.1) is 0 Å². The maximum Gasteiger partial charge on any atom is 0.276 e. The number of nitrogens with one attached hydrogen (secondary N) is 1. The van der Waals surface area contributed by atoms with Crippen molar-refractivity contribution in [2.45, 2.75) is 70.1 Å². The molecule has 1 N–H and O–H groups in total. The van der Waals surface area contributed by atoms with E-state index in [1.54, 1.807) is 6.92 Å². The van der Waals surface area contributed by atoms with E-state index in [1.807, 2.05) is 18.9 Å². The number of oxazole rings is 1. The zero-order valence-electron chi connectivity index (χ0n) is 17.7. The maximum absolute atomic E-state index is 13.0. The van der Waals surface area contributed by atoms with E-state index >= 15 is 0 Å². The summed E-state index contributed by atoms with van der Waals surface area (Å²) in [6.45, 7) is 6.73. The Kier molecular flexibility index (Phi) is 5.66. The fraction of sp³-hybridized carbons (Fsp3) is 0.762. The molecule has 29 heavy (non-hydrogen) atoms. The highest BCUT2D eigenvalue weighted by Crippen LogP contribution is 2.36. The number of nitrogens with zero attached hydrogens (tertiary/aromatic N) is 3. The van der Waals surface area contributed by atoms with Gasteiger partial charge in [-0.25, -0.2) is 4.98 Å². The summed E-state index contributed by atoms with van der Waals surface area (Å²) in [6, 6.07) is -0.485. The molecule has 0 bridgehead atoms. The van der Waals surface area contributed by atoms with Gasteiger partial charge in [-0.05, 0) is 66.0 Å². The van der Waals surface area contributed by atoms with Crippen LogP contribution in [0.3, 0.4) is 0 Å². The summed E-state index contributed by atoms with van der Waals surface area (Å²) in [5.41, 5.74) is 0.329. The van der Waals surface area contributed by atoms with E-state index < -0.39 is 0 Å². The number of likely N-dealkylation sites (tertiary alicyclic amines) is 2. The van der Waals surface area contributed by atoms with Crippen LogP contribution in [-0.4, -0.2) is 71.5 Å². The predicted octanol–water partition coefficient (Wildman–Crippen LogP) is 2.04. The topological polar surface area (TPSA) is 87.9 Å². The van der Waals surface area contributed by atoms with E-state index in [2.05, 4.69) is 15.2 Å². The molecule has 0 aliphatic carbocycles. The quantitative estimate of drug-likeness (QED) is 0.826. The minimum absolute atomic E-state index is 0.0147. The molecule has 0 saturated carbocycles. The molecule has 1 aromatic heterocycles. The highest BCUT2D eigenvalue weighted by Gasteiger charge is 2.40. The number of aryl methyl sites for hydroxylation is 1. The number of likely N-dealkylation sites (N-methyl/N-ethyl adjacent to an activating group) is 1. The summed E-state index contributed by atoms with van der Waals surface area (Å²) in [5.74, 6) is 0.771. The van der Waals surface area contributed by atoms with Crippen LogP contribution < -0.4 is 5.32 Å². The summed E-state index contributed by atoms with van der Waals surface area (Å²) < 4.78 is 11.7. The lowest BCUT2D eigenvalue weighted by Crippen LogP contribution is -2.46. The Hall–Kier alpha value is -1.93. The van der Waals surface area contributed by atoms with Crippen molar-refractivity contribution < 1.29 is 18.7 Å². The van der Waals surface area contributed by atoms with Crippen LogP contribution in [0.4, 0.5) is 0 Å². The smallest absolute Gasteiger partial charge is 0.276 e. The first-order valence-electron chi connectivity index (χ1n) is 10.8. The standard InChI is InChI=1S/C21H32N4O4/c1-14(22-18(26)16-6-4-10-24(16)3)19-23-17(15(2)29-19)20(27)25-11-8-21(9-12-25)7-5-13-28-21/h14,16H,4-13H2,1-3H3,(H,22,26)/t14-,16-/m0/s1. The van der Waals surface area contributed by atoms with Crippen LogP contribution in [0, 0.1) is 6.92 Å². The lowest BCUT2D eigenvalue weighted by atomic mass is 9.88. The van der Waals surface area contributed by atoms with Gasteiger partial charge in [0.15, 0.2) is 5.69 Å². The van der Waals surface area contributed by atoms with Gasteiger partial charge >= 0.3 is 0 Å². The fourth-order valence-electron chi connectivity index (χ4n) is 4.83. The molecule has 8 heteroatoms. The molecule has 4 rings (SSSR count). The molecule has 8 nitrogen and oxygen atoms in total. The van der Waals surface area contributed by atoms with Gasteiger partial charge in [-0.2, -0.15) is 0 Å². The van der Waals surface area contributed by atoms with Crippen molar-refractivity contribution >= 4 is 11.8 Å². The number of hydrogen-bond donors (Lipinski definition) is 1. The van der Waals surface area contributed by atoms with Crippen molar-refractivity contribution in [3.8, 4) is 0 Å². The van der Waals surface area contributed by atoms with Gasteiger partial charge in [-0.3, -0.25) is 14.5 Å². The summed E-state index contributed by atoms with van der Waals surface area (Å²) >= 11 is 0. The monoisotopic (exact) mass is 404 g/mol. The summed E-state index contributed by atoms with van der Waals surface area (Å²) in [5, 5.41) is 2.98. The minimum Gasteiger partial charge on any atom is -0.443 e. The predicted molar refractivity (Wildman–Crippen MR) is 107 cm³/mol. The van der Waals surface area contributed by atoms with Gasteiger partial charge in [-0.1, -0.05) is 0 Å². The number of amides is 2. The Morgan fingerprint density at radius 1 is 1.21 bits per heavy atom. The molecule has 4 heterocycles. The summed E-state index contributed by atoms with van der Waals surface area (Å²) in [6.07, 6.45) is 5.86. The van der Waals surface area contributed by atoms with Crippen LogP contribution in [0.15, 0.2) is 4.42 Å². The van der Waals surface area contributed by atoms with Gasteiger partial charge in [0.2, 0.25) is 11.8 Å². The van der Waals surface area contributed by atoms with Crippen LogP contribution in [0.1, 0.15) is 73.6 Å². The van der Waals surface area contributed by atoms with Crippen molar-refractivity contribution in [1.82, 2.24) is 20.1 Å². The third-order valence-electron chi connectivity index (χ3n) is 6.71. The van der Waals surface area contributed by atoms with Gasteiger partial charge in [0.25, 0.3) is 5.91 Å². The van der Waals surface area contributed by atoms with Crippen molar-refractivity contribution in [2.24, 2.45) is 0 Å². The van der Waals surface area contributed by atoms with Crippen molar-refractivity contribution in [2.75, 3.05) is 33.3 Å². The molecule has 3 aliphatic rings. The molecule has 1 spiro atoms. The lowest BCUT2D eigenvalue weighted by Gasteiger charge is -2.38. The minimum atomic E-state index is -0.381. The van der Waals surface area contributed by atoms with Gasteiger partial charge < -0.3 is 19.4 Å². The highest BCUT2D eigenvalue weighted by atomic mass is 16.5. The molecule has 3 fully saturated rings. The Morgan fingerprint density at radius 3 is 2.59 bits per heavy atom. The molecular formula is C21H32N4O4. The van der Waals surface area contributed by atoms with E-state index in [0.717, 1.165) is 51.7 Å². The van der Waals surface area contributed by atoms with E-state index in [-0.39, 0.29) is 29.5 Å². The Labute approximate surface area is 172 Å². The first-order chi connectivity index (χ1) is 13.9. The lowest BCUT2D eigenvalue weighted by molar-refractivity contribution is -0.125. The van der Waals surface area contributed by atoms with Crippen LogP contribution in [0.25, 0.3) is 0 Å². The van der Waals surface area contributed by atoms with E-state index in [1.165, 1.54) is 0 Å². The van der Waals surface area contributed by atoms with Crippen LogP contribution >= 0.6 is 0 Å². The van der Waals surface area contributed by atoms with Crippen LogP contribution in [0.5, 0.6) is 0 Å². The fourth-order valence-corrected chi connectivity index (χ4v) is 4.83. The zero-order valence-corrected chi connectivity index (χ0v) is 17.7. The molecule has 2 atom stereocenters. The van der Waals surface area contributed by atoms with E-state index in [4.69, 9.17) is 9.15 Å². The maximum atomic E-state index is 13.0. The molecule has 0 radical (unpaired) electrons. The molecule has 0 aromatic carbocycles. The number of hydrogen-bond acceptors (Lipinski definition) is 6. The Bertz CT molecular complexity index is 761. The molecule has 0 unspecified atom stereocenters. The normalized spacial score (nSPS) is 25.5. The number of piperidine rings is 1. The van der Waals surface area contributed by atoms with Crippen molar-refractivity contribution in [1.29, 1.82) is 0 Å². The average Bonchev–Trinajstić information content (AvgIpc) is 3.42. The second-order valence-electron chi connectivity index (χ2n) is 8.75. The number of carbonyl (C=O) groups excluding carboxylic acids is 2. The molecular weight excluding hydrogens is 372 g/mol. The third-order valence-corrected chi connectivity index (χ3v) is 6.71. The number of aromatic nitrogens is 1. The SMILES string of the molecule is Cc1oc([C@H](C)NC(=O)[C@@H]2CCCN2C)nc1C(=O)N1CCC2(CCCO2)CC1. The first kappa shape index (κ1) is 20.3. The van der Waals surface area contributed by atoms with Gasteiger partial charge in [0, 0.05) is 19.7 Å². The highest BCUT2D eigenvalue weighted by molar-refractivity contribution is 5.93. The second-order valence-corrected chi connectivity index (χ2v) is 8.75. The van der Waals surface area contributed by atoms with Gasteiger partial charge in [0.1, 0.15) is 11.8 Å². The molecule has 3 aliphatic heterocycles. The Balaban J connectivity index is 1.38. The largest absolute Gasteiger partial charge is 0.443 e. The summed E-state index contributed by atoms with van der Waals surface area (Å²) in [4.78, 5) is 33.9. The molecule has 1 aromatic rings. The molecule has 2 amide bonds. The van der Waals surface area contributed by atoms with Gasteiger partial charge in [0.05, 0.1) is 11.6 Å². The number of ether oxygens (including phenoxy) is 1. The molecule has 160 valence electrons. The van der Waals surface area contributed by atoms with Crippen molar-refractivity contribution in [3.63, 3.8) is 0 Å². The number of carbonyl (C=O) groups is 2.